The maximum atomic E-state index is 10.8. The van der Waals surface area contributed by atoms with E-state index in [0.29, 0.717) is 17.9 Å². The Kier molecular flexibility index (Phi) is 4.93. The smallest absolute Gasteiger partial charge is 0.329 e. The van der Waals surface area contributed by atoms with Crippen LogP contribution in [0.3, 0.4) is 0 Å². The zero-order chi connectivity index (χ0) is 15.4. The van der Waals surface area contributed by atoms with Crippen molar-refractivity contribution in [2.45, 2.75) is 52.0 Å². The minimum Gasteiger partial charge on any atom is -0.378 e. The number of nitrogens with two attached hydrogens (primary N) is 1. The Morgan fingerprint density at radius 1 is 1.52 bits per heavy atom. The van der Waals surface area contributed by atoms with Crippen LogP contribution in [0, 0.1) is 16.0 Å². The van der Waals surface area contributed by atoms with Crippen LogP contribution in [-0.2, 0) is 0 Å². The van der Waals surface area contributed by atoms with Crippen molar-refractivity contribution in [3.63, 3.8) is 0 Å². The van der Waals surface area contributed by atoms with Gasteiger partial charge >= 0.3 is 5.69 Å². The van der Waals surface area contributed by atoms with Crippen LogP contribution in [0.15, 0.2) is 6.20 Å². The van der Waals surface area contributed by atoms with Crippen molar-refractivity contribution in [3.05, 3.63) is 16.3 Å². The van der Waals surface area contributed by atoms with Gasteiger partial charge in [-0.15, -0.1) is 0 Å². The highest BCUT2D eigenvalue weighted by molar-refractivity contribution is 5.54. The van der Waals surface area contributed by atoms with Gasteiger partial charge in [0.25, 0.3) is 0 Å². The van der Waals surface area contributed by atoms with E-state index in [1.54, 1.807) is 0 Å². The Morgan fingerprint density at radius 3 is 2.90 bits per heavy atom. The molecule has 116 valence electrons. The first kappa shape index (κ1) is 15.5. The van der Waals surface area contributed by atoms with Gasteiger partial charge in [0.1, 0.15) is 6.20 Å². The quantitative estimate of drug-likeness (QED) is 0.662. The van der Waals surface area contributed by atoms with Crippen molar-refractivity contribution in [1.82, 2.24) is 9.97 Å². The summed E-state index contributed by atoms with van der Waals surface area (Å²) in [5.41, 5.74) is 5.45. The van der Waals surface area contributed by atoms with Gasteiger partial charge in [-0.1, -0.05) is 13.8 Å². The molecule has 1 fully saturated rings. The van der Waals surface area contributed by atoms with Crippen LogP contribution in [0.4, 0.5) is 17.5 Å². The summed E-state index contributed by atoms with van der Waals surface area (Å²) in [5, 5.41) is 10.8. The van der Waals surface area contributed by atoms with Crippen LogP contribution in [-0.4, -0.2) is 27.5 Å². The molecule has 2 rings (SSSR count). The average molecular weight is 293 g/mol. The third-order valence-electron chi connectivity index (χ3n) is 3.94. The van der Waals surface area contributed by atoms with E-state index >= 15 is 0 Å². The second-order valence-corrected chi connectivity index (χ2v) is 6.01. The lowest BCUT2D eigenvalue weighted by Crippen LogP contribution is -2.41. The molecule has 0 spiro atoms. The molecule has 0 amide bonds. The number of nitrogens with zero attached hydrogens (tertiary/aromatic N) is 4. The maximum absolute atomic E-state index is 10.8. The summed E-state index contributed by atoms with van der Waals surface area (Å²) in [6.45, 7) is 5.32. The van der Waals surface area contributed by atoms with Gasteiger partial charge < -0.3 is 10.6 Å². The summed E-state index contributed by atoms with van der Waals surface area (Å²) < 4.78 is 0. The molecular formula is C14H23N5O2. The van der Waals surface area contributed by atoms with E-state index in [2.05, 4.69) is 28.7 Å². The third kappa shape index (κ3) is 3.80. The standard InChI is InChI=1S/C14H23N5O2/c1-10(2)6-7-11-5-3-4-8-18(11)14-16-9-12(19(20)21)13(15)17-14/h9-11H,3-8H2,1-2H3,(H2,15,16,17). The second kappa shape index (κ2) is 6.69. The number of anilines is 2. The maximum Gasteiger partial charge on any atom is 0.329 e. The fourth-order valence-corrected chi connectivity index (χ4v) is 2.75. The summed E-state index contributed by atoms with van der Waals surface area (Å²) in [7, 11) is 0. The highest BCUT2D eigenvalue weighted by atomic mass is 16.6. The molecular weight excluding hydrogens is 270 g/mol. The van der Waals surface area contributed by atoms with Gasteiger partial charge in [0.05, 0.1) is 4.92 Å². The number of piperidine rings is 1. The van der Waals surface area contributed by atoms with Crippen molar-refractivity contribution in [3.8, 4) is 0 Å². The van der Waals surface area contributed by atoms with Crippen LogP contribution >= 0.6 is 0 Å². The van der Waals surface area contributed by atoms with E-state index in [4.69, 9.17) is 5.73 Å². The molecule has 0 aromatic carbocycles. The molecule has 2 N–H and O–H groups in total. The largest absolute Gasteiger partial charge is 0.378 e. The van der Waals surface area contributed by atoms with E-state index in [1.165, 1.54) is 12.6 Å². The van der Waals surface area contributed by atoms with Crippen LogP contribution in [0.1, 0.15) is 46.0 Å². The van der Waals surface area contributed by atoms with Gasteiger partial charge in [0, 0.05) is 12.6 Å². The Hall–Kier alpha value is -1.92. The highest BCUT2D eigenvalue weighted by Gasteiger charge is 2.26. The predicted molar refractivity (Wildman–Crippen MR) is 82.2 cm³/mol. The zero-order valence-electron chi connectivity index (χ0n) is 12.7. The molecule has 1 atom stereocenters. The molecule has 0 bridgehead atoms. The fourth-order valence-electron chi connectivity index (χ4n) is 2.75. The molecule has 1 aliphatic heterocycles. The van der Waals surface area contributed by atoms with Gasteiger partial charge in [-0.25, -0.2) is 4.98 Å². The average Bonchev–Trinajstić information content (AvgIpc) is 2.45. The molecule has 0 radical (unpaired) electrons. The summed E-state index contributed by atoms with van der Waals surface area (Å²) in [6, 6.07) is 0.405. The van der Waals surface area contributed by atoms with E-state index in [0.717, 1.165) is 32.2 Å². The molecule has 7 nitrogen and oxygen atoms in total. The van der Waals surface area contributed by atoms with Gasteiger partial charge in [-0.3, -0.25) is 10.1 Å². The van der Waals surface area contributed by atoms with Gasteiger partial charge in [0.2, 0.25) is 11.8 Å². The number of hydrogen-bond donors (Lipinski definition) is 1. The predicted octanol–water partition coefficient (Wildman–Crippen LogP) is 2.76. The minimum absolute atomic E-state index is 0.0572. The zero-order valence-corrected chi connectivity index (χ0v) is 12.7. The molecule has 0 aliphatic carbocycles. The summed E-state index contributed by atoms with van der Waals surface area (Å²) in [4.78, 5) is 20.7. The molecule has 1 unspecified atom stereocenters. The monoisotopic (exact) mass is 293 g/mol. The number of aromatic nitrogens is 2. The van der Waals surface area contributed by atoms with Gasteiger partial charge in [-0.2, -0.15) is 4.98 Å². The molecule has 0 saturated carbocycles. The summed E-state index contributed by atoms with van der Waals surface area (Å²) >= 11 is 0. The number of rotatable bonds is 5. The number of hydrogen-bond acceptors (Lipinski definition) is 6. The Labute approximate surface area is 124 Å². The van der Waals surface area contributed by atoms with Crippen LogP contribution < -0.4 is 10.6 Å². The van der Waals surface area contributed by atoms with Crippen LogP contribution in [0.2, 0.25) is 0 Å². The fraction of sp³-hybridized carbons (Fsp3) is 0.714. The first-order valence-corrected chi connectivity index (χ1v) is 7.52. The second-order valence-electron chi connectivity index (χ2n) is 6.01. The molecule has 1 saturated heterocycles. The molecule has 2 heterocycles. The van der Waals surface area contributed by atoms with Crippen LogP contribution in [0.25, 0.3) is 0 Å². The Balaban J connectivity index is 2.17. The van der Waals surface area contributed by atoms with Crippen LogP contribution in [0.5, 0.6) is 0 Å². The SMILES string of the molecule is CC(C)CCC1CCCCN1c1ncc([N+](=O)[O-])c(N)n1. The van der Waals surface area contributed by atoms with E-state index in [1.807, 2.05) is 0 Å². The van der Waals surface area contributed by atoms with Crippen molar-refractivity contribution < 1.29 is 4.92 Å². The first-order chi connectivity index (χ1) is 9.99. The van der Waals surface area contributed by atoms with Gasteiger partial charge in [-0.05, 0) is 38.0 Å². The Morgan fingerprint density at radius 2 is 2.29 bits per heavy atom. The highest BCUT2D eigenvalue weighted by Crippen LogP contribution is 2.28. The normalized spacial score (nSPS) is 19.0. The molecule has 21 heavy (non-hydrogen) atoms. The molecule has 1 aliphatic rings. The molecule has 7 heteroatoms. The minimum atomic E-state index is -0.550. The van der Waals surface area contributed by atoms with Crippen molar-refractivity contribution in [2.24, 2.45) is 5.92 Å². The number of nitro groups is 1. The van der Waals surface area contributed by atoms with E-state index in [9.17, 15) is 10.1 Å². The summed E-state index contributed by atoms with van der Waals surface area (Å²) in [5.74, 6) is 1.13. The third-order valence-corrected chi connectivity index (χ3v) is 3.94. The van der Waals surface area contributed by atoms with Crippen molar-refractivity contribution in [1.29, 1.82) is 0 Å². The lowest BCUT2D eigenvalue weighted by atomic mass is 9.95. The van der Waals surface area contributed by atoms with E-state index < -0.39 is 4.92 Å². The summed E-state index contributed by atoms with van der Waals surface area (Å²) in [6.07, 6.45) is 6.89. The topological polar surface area (TPSA) is 98.2 Å². The van der Waals surface area contributed by atoms with E-state index in [-0.39, 0.29) is 11.5 Å². The molecule has 1 aromatic heterocycles. The van der Waals surface area contributed by atoms with Crippen molar-refractivity contribution in [2.75, 3.05) is 17.2 Å². The first-order valence-electron chi connectivity index (χ1n) is 7.52. The Bertz CT molecular complexity index is 506. The lowest BCUT2D eigenvalue weighted by Gasteiger charge is -2.36. The lowest BCUT2D eigenvalue weighted by molar-refractivity contribution is -0.384. The number of nitrogen functional groups attached to an aromatic ring is 1. The molecule has 1 aromatic rings. The van der Waals surface area contributed by atoms with Crippen molar-refractivity contribution >= 4 is 17.5 Å². The van der Waals surface area contributed by atoms with Gasteiger partial charge in [0.15, 0.2) is 0 Å².